The van der Waals surface area contributed by atoms with Crippen molar-refractivity contribution in [3.8, 4) is 0 Å². The van der Waals surface area contributed by atoms with Gasteiger partial charge in [-0.2, -0.15) is 0 Å². The first-order valence-corrected chi connectivity index (χ1v) is 20.5. The second kappa shape index (κ2) is 20.3. The Hall–Kier alpha value is -2.78. The molecule has 2 saturated heterocycles. The fraction of sp³-hybridized carbons (Fsp3) is 0.767. The zero-order chi connectivity index (χ0) is 41.5. The predicted octanol–water partition coefficient (Wildman–Crippen LogP) is 3.98. The number of ether oxygens (including phenoxy) is 4. The van der Waals surface area contributed by atoms with E-state index in [1.165, 1.54) is 14.2 Å². The number of amides is 1. The Labute approximate surface area is 332 Å². The van der Waals surface area contributed by atoms with Gasteiger partial charge >= 0.3 is 5.97 Å². The van der Waals surface area contributed by atoms with Gasteiger partial charge in [0, 0.05) is 44.9 Å². The van der Waals surface area contributed by atoms with Gasteiger partial charge in [0.05, 0.1) is 30.5 Å². The van der Waals surface area contributed by atoms with Gasteiger partial charge in [-0.3, -0.25) is 14.4 Å². The number of methoxy groups -OCH3 is 2. The molecular weight excluding hydrogens is 722 g/mol. The number of cyclic esters (lactones) is 1. The SMILES string of the molecule is C=CCC1/C=C(\C)C[C@H](C)C[C@H](OC)[C@H]2O[C@@](O)(C(=O)C(=O)N3CCCC[C@H]3C(=O)O[C@H](/C(C)=C/[C@@H]3CC[C@@H](O)[C@H](O)C3)[C@H](C)[C@@H](O)CC1=O)[C@H](C)C[C@@H]2OC. The van der Waals surface area contributed by atoms with Crippen molar-refractivity contribution in [1.29, 1.82) is 0 Å². The monoisotopic (exact) mass is 789 g/mol. The second-order valence-corrected chi connectivity index (χ2v) is 17.1. The van der Waals surface area contributed by atoms with Gasteiger partial charge in [-0.1, -0.05) is 44.6 Å². The summed E-state index contributed by atoms with van der Waals surface area (Å²) in [5.74, 6) is -8.03. The van der Waals surface area contributed by atoms with E-state index in [0.29, 0.717) is 56.9 Å². The van der Waals surface area contributed by atoms with E-state index < -0.39 is 90.0 Å². The summed E-state index contributed by atoms with van der Waals surface area (Å²) < 4.78 is 24.1. The van der Waals surface area contributed by atoms with Gasteiger partial charge in [0.15, 0.2) is 0 Å². The van der Waals surface area contributed by atoms with Crippen molar-refractivity contribution in [3.05, 3.63) is 36.0 Å². The van der Waals surface area contributed by atoms with Crippen LogP contribution in [0.3, 0.4) is 0 Å². The van der Waals surface area contributed by atoms with Crippen LogP contribution in [-0.4, -0.2) is 124 Å². The molecule has 1 saturated carbocycles. The summed E-state index contributed by atoms with van der Waals surface area (Å²) in [5.41, 5.74) is 1.54. The van der Waals surface area contributed by atoms with Crippen LogP contribution in [0, 0.1) is 29.6 Å². The molecule has 4 N–H and O–H groups in total. The highest BCUT2D eigenvalue weighted by Gasteiger charge is 2.56. The van der Waals surface area contributed by atoms with E-state index >= 15 is 0 Å². The average Bonchev–Trinajstić information content (AvgIpc) is 3.16. The first-order chi connectivity index (χ1) is 26.4. The lowest BCUT2D eigenvalue weighted by molar-refractivity contribution is -0.302. The van der Waals surface area contributed by atoms with Crippen LogP contribution in [0.4, 0.5) is 0 Å². The van der Waals surface area contributed by atoms with Crippen molar-refractivity contribution in [2.45, 2.75) is 160 Å². The molecule has 13 nitrogen and oxygen atoms in total. The van der Waals surface area contributed by atoms with E-state index in [4.69, 9.17) is 18.9 Å². The maximum Gasteiger partial charge on any atom is 0.329 e. The molecule has 1 aliphatic carbocycles. The minimum absolute atomic E-state index is 0.00242. The fourth-order valence-corrected chi connectivity index (χ4v) is 9.19. The number of Topliss-reactive ketones (excluding diaryl/α,β-unsaturated/α-hetero) is 2. The molecule has 3 fully saturated rings. The summed E-state index contributed by atoms with van der Waals surface area (Å²) in [7, 11) is 3.04. The van der Waals surface area contributed by atoms with Crippen LogP contribution in [0.2, 0.25) is 0 Å². The lowest BCUT2D eigenvalue weighted by atomic mass is 9.81. The van der Waals surface area contributed by atoms with Crippen LogP contribution < -0.4 is 0 Å². The van der Waals surface area contributed by atoms with Gasteiger partial charge in [0.2, 0.25) is 5.79 Å². The highest BCUT2D eigenvalue weighted by atomic mass is 16.7. The van der Waals surface area contributed by atoms with Crippen LogP contribution in [0.25, 0.3) is 0 Å². The average molecular weight is 790 g/mol. The molecule has 14 atom stereocenters. The molecule has 3 heterocycles. The van der Waals surface area contributed by atoms with Crippen molar-refractivity contribution < 1.29 is 58.6 Å². The lowest BCUT2D eigenvalue weighted by Crippen LogP contribution is -2.64. The number of aliphatic hydroxyl groups is 4. The topological polar surface area (TPSA) is 189 Å². The van der Waals surface area contributed by atoms with Gasteiger partial charge in [0.1, 0.15) is 24.0 Å². The van der Waals surface area contributed by atoms with Crippen LogP contribution in [0.5, 0.6) is 0 Å². The van der Waals surface area contributed by atoms with E-state index in [1.54, 1.807) is 26.8 Å². The summed E-state index contributed by atoms with van der Waals surface area (Å²) in [4.78, 5) is 57.6. The van der Waals surface area contributed by atoms with Gasteiger partial charge in [-0.05, 0) is 95.5 Å². The number of nitrogens with zero attached hydrogens (tertiary/aromatic N) is 1. The molecule has 316 valence electrons. The number of piperidine rings is 1. The number of fused-ring (bicyclic) bond motifs is 3. The number of ketones is 2. The number of allylic oxidation sites excluding steroid dienone is 4. The summed E-state index contributed by atoms with van der Waals surface area (Å²) in [5, 5.41) is 44.1. The van der Waals surface area contributed by atoms with Crippen molar-refractivity contribution >= 4 is 23.4 Å². The molecule has 13 heteroatoms. The highest BCUT2D eigenvalue weighted by Crippen LogP contribution is 2.39. The minimum atomic E-state index is -2.52. The van der Waals surface area contributed by atoms with Gasteiger partial charge in [-0.15, -0.1) is 6.58 Å². The molecule has 56 heavy (non-hydrogen) atoms. The molecule has 4 rings (SSSR count). The predicted molar refractivity (Wildman–Crippen MR) is 208 cm³/mol. The normalized spacial score (nSPS) is 41.5. The number of carbonyl (C=O) groups excluding carboxylic acids is 4. The van der Waals surface area contributed by atoms with Crippen molar-refractivity contribution in [2.75, 3.05) is 20.8 Å². The summed E-state index contributed by atoms with van der Waals surface area (Å²) in [6.07, 6.45) is 3.36. The maximum atomic E-state index is 14.2. The Balaban J connectivity index is 1.78. The zero-order valence-electron chi connectivity index (χ0n) is 34.4. The molecule has 1 amide bonds. The molecule has 0 spiro atoms. The smallest absolute Gasteiger partial charge is 0.329 e. The zero-order valence-corrected chi connectivity index (χ0v) is 34.4. The quantitative estimate of drug-likeness (QED) is 0.172. The van der Waals surface area contributed by atoms with E-state index in [1.807, 2.05) is 26.0 Å². The van der Waals surface area contributed by atoms with Crippen molar-refractivity contribution in [3.63, 3.8) is 0 Å². The molecule has 0 aromatic rings. The van der Waals surface area contributed by atoms with E-state index in [9.17, 15) is 39.6 Å². The Morgan fingerprint density at radius 3 is 2.27 bits per heavy atom. The molecule has 4 aliphatic rings. The van der Waals surface area contributed by atoms with Crippen LogP contribution in [-0.2, 0) is 38.1 Å². The number of esters is 1. The largest absolute Gasteiger partial charge is 0.456 e. The maximum absolute atomic E-state index is 14.2. The minimum Gasteiger partial charge on any atom is -0.456 e. The van der Waals surface area contributed by atoms with Gasteiger partial charge < -0.3 is 44.3 Å². The summed E-state index contributed by atoms with van der Waals surface area (Å²) >= 11 is 0. The van der Waals surface area contributed by atoms with Gasteiger partial charge in [0.25, 0.3) is 11.7 Å². The third-order valence-electron chi connectivity index (χ3n) is 12.6. The first kappa shape index (κ1) is 45.9. The van der Waals surface area contributed by atoms with E-state index in [2.05, 4.69) is 6.58 Å². The molecule has 2 bridgehead atoms. The third-order valence-corrected chi connectivity index (χ3v) is 12.6. The summed E-state index contributed by atoms with van der Waals surface area (Å²) in [6.45, 7) is 13.0. The Bertz CT molecular complexity index is 1460. The molecule has 1 unspecified atom stereocenters. The molecular formula is C43H67NO12. The van der Waals surface area contributed by atoms with Crippen LogP contribution in [0.1, 0.15) is 105 Å². The summed E-state index contributed by atoms with van der Waals surface area (Å²) in [6, 6.07) is -1.16. The number of hydrogen-bond acceptors (Lipinski definition) is 12. The van der Waals surface area contributed by atoms with Crippen molar-refractivity contribution in [2.24, 2.45) is 29.6 Å². The Morgan fingerprint density at radius 2 is 1.62 bits per heavy atom. The first-order valence-electron chi connectivity index (χ1n) is 20.5. The molecule has 3 aliphatic heterocycles. The Morgan fingerprint density at radius 1 is 0.946 bits per heavy atom. The van der Waals surface area contributed by atoms with Gasteiger partial charge in [-0.25, -0.2) is 4.79 Å². The second-order valence-electron chi connectivity index (χ2n) is 17.1. The fourth-order valence-electron chi connectivity index (χ4n) is 9.19. The standard InChI is InChI=1S/C43H67NO12/c1-9-12-30-18-24(2)17-25(3)19-36(53-7)39-37(54-8)21-27(5)43(52,56-39)40(49)41(50)44-16-11-10-13-31(44)42(51)55-38(28(6)33(46)23-34(30)47)26(4)20-29-14-15-32(45)35(48)22-29/h9,18,20,25,27-33,35-39,45-46,48,52H,1,10-17,19,21-23H2,2-8H3/b24-18+,26-20+/t25-,27+,28+,29-,30?,31-,32+,33-,35+,36-,37-,38+,39+,43+/m0/s1. The lowest BCUT2D eigenvalue weighted by Gasteiger charge is -2.47. The number of rotatable bonds is 6. The molecule has 0 aromatic carbocycles. The van der Waals surface area contributed by atoms with E-state index in [-0.39, 0.29) is 43.4 Å². The molecule has 0 aromatic heterocycles. The number of hydrogen-bond donors (Lipinski definition) is 4. The van der Waals surface area contributed by atoms with Crippen LogP contribution in [0.15, 0.2) is 36.0 Å². The number of aliphatic hydroxyl groups excluding tert-OH is 3. The molecule has 0 radical (unpaired) electrons. The Kier molecular flexibility index (Phi) is 16.6. The van der Waals surface area contributed by atoms with Crippen molar-refractivity contribution in [1.82, 2.24) is 4.90 Å². The van der Waals surface area contributed by atoms with Crippen LogP contribution >= 0.6 is 0 Å². The number of carbonyl (C=O) groups is 4. The van der Waals surface area contributed by atoms with E-state index in [0.717, 1.165) is 10.5 Å². The highest BCUT2D eigenvalue weighted by molar-refractivity contribution is 6.39. The third kappa shape index (κ3) is 10.8.